The van der Waals surface area contributed by atoms with Gasteiger partial charge >= 0.3 is 6.09 Å². The van der Waals surface area contributed by atoms with E-state index >= 15 is 0 Å². The molecule has 2 fully saturated rings. The Morgan fingerprint density at radius 1 is 1.33 bits per heavy atom. The summed E-state index contributed by atoms with van der Waals surface area (Å²) in [6.45, 7) is 4.35. The summed E-state index contributed by atoms with van der Waals surface area (Å²) in [5.74, 6) is 1.09. The van der Waals surface area contributed by atoms with Crippen LogP contribution in [0.2, 0.25) is 0 Å². The maximum atomic E-state index is 14.4. The number of ether oxygens (including phenoxy) is 1. The first-order valence-corrected chi connectivity index (χ1v) is 10.1. The van der Waals surface area contributed by atoms with E-state index in [-0.39, 0.29) is 17.8 Å². The Morgan fingerprint density at radius 3 is 2.90 bits per heavy atom. The average Bonchev–Trinajstić information content (AvgIpc) is 3.40. The Kier molecular flexibility index (Phi) is 4.86. The average molecular weight is 414 g/mol. The Labute approximate surface area is 172 Å². The van der Waals surface area contributed by atoms with Crippen molar-refractivity contribution in [3.05, 3.63) is 30.0 Å². The highest BCUT2D eigenvalue weighted by Crippen LogP contribution is 2.32. The SMILES string of the molecule is COC(=O)N1CC(CN2CCC(c3nc(-c4c(F)ccc5[nH]ncc45)no3)CC2)C1. The van der Waals surface area contributed by atoms with E-state index in [4.69, 9.17) is 9.26 Å². The molecule has 2 aromatic heterocycles. The number of aromatic nitrogens is 4. The molecule has 2 saturated heterocycles. The minimum Gasteiger partial charge on any atom is -0.453 e. The smallest absolute Gasteiger partial charge is 0.409 e. The Hall–Kier alpha value is -3.01. The standard InChI is InChI=1S/C20H23FN6O3/c1-29-20(28)27-10-12(11-27)9-26-6-4-13(5-7-26)19-23-18(25-30-19)17-14-8-22-24-16(14)3-2-15(17)21/h2-3,8,12-13H,4-7,9-11H2,1H3,(H,22,24). The Morgan fingerprint density at radius 2 is 2.13 bits per heavy atom. The highest BCUT2D eigenvalue weighted by molar-refractivity contribution is 5.92. The van der Waals surface area contributed by atoms with Crippen LogP contribution in [0.5, 0.6) is 0 Å². The zero-order valence-electron chi connectivity index (χ0n) is 16.7. The normalized spacial score (nSPS) is 18.7. The summed E-state index contributed by atoms with van der Waals surface area (Å²) in [4.78, 5) is 20.1. The molecule has 2 aliphatic heterocycles. The monoisotopic (exact) mass is 414 g/mol. The Balaban J connectivity index is 1.20. The lowest BCUT2D eigenvalue weighted by Gasteiger charge is -2.41. The molecule has 2 aliphatic rings. The maximum Gasteiger partial charge on any atom is 0.409 e. The molecule has 0 atom stereocenters. The number of aromatic amines is 1. The molecular weight excluding hydrogens is 391 g/mol. The summed E-state index contributed by atoms with van der Waals surface area (Å²) in [7, 11) is 1.41. The number of amides is 1. The number of rotatable bonds is 4. The molecule has 30 heavy (non-hydrogen) atoms. The van der Waals surface area contributed by atoms with E-state index in [1.165, 1.54) is 13.2 Å². The number of fused-ring (bicyclic) bond motifs is 1. The number of methoxy groups -OCH3 is 1. The van der Waals surface area contributed by atoms with Crippen LogP contribution >= 0.6 is 0 Å². The lowest BCUT2D eigenvalue weighted by molar-refractivity contribution is 0.0461. The summed E-state index contributed by atoms with van der Waals surface area (Å²) in [6, 6.07) is 3.02. The van der Waals surface area contributed by atoms with Gasteiger partial charge in [-0.15, -0.1) is 0 Å². The third-order valence-corrected chi connectivity index (χ3v) is 6.08. The zero-order chi connectivity index (χ0) is 20.7. The van der Waals surface area contributed by atoms with Crippen LogP contribution in [0.25, 0.3) is 22.3 Å². The third kappa shape index (κ3) is 3.41. The quantitative estimate of drug-likeness (QED) is 0.700. The van der Waals surface area contributed by atoms with Crippen LogP contribution in [0.3, 0.4) is 0 Å². The van der Waals surface area contributed by atoms with Crippen LogP contribution in [-0.4, -0.2) is 76.1 Å². The van der Waals surface area contributed by atoms with E-state index in [0.717, 1.165) is 51.1 Å². The number of nitrogens with one attached hydrogen (secondary N) is 1. The summed E-state index contributed by atoms with van der Waals surface area (Å²) in [5.41, 5.74) is 1.04. The number of benzene rings is 1. The van der Waals surface area contributed by atoms with Crippen molar-refractivity contribution in [1.29, 1.82) is 0 Å². The molecule has 0 aliphatic carbocycles. The molecule has 10 heteroatoms. The molecule has 0 spiro atoms. The lowest BCUT2D eigenvalue weighted by Crippen LogP contribution is -2.54. The number of hydrogen-bond acceptors (Lipinski definition) is 7. The van der Waals surface area contributed by atoms with Gasteiger partial charge in [0.2, 0.25) is 11.7 Å². The minimum atomic E-state index is -0.396. The topological polar surface area (TPSA) is 100 Å². The van der Waals surface area contributed by atoms with Gasteiger partial charge in [-0.05, 0) is 38.1 Å². The van der Waals surface area contributed by atoms with E-state index in [0.29, 0.717) is 22.8 Å². The maximum absolute atomic E-state index is 14.4. The zero-order valence-corrected chi connectivity index (χ0v) is 16.7. The second-order valence-electron chi connectivity index (χ2n) is 8.03. The van der Waals surface area contributed by atoms with Gasteiger partial charge in [0.15, 0.2) is 0 Å². The van der Waals surface area contributed by atoms with E-state index < -0.39 is 5.82 Å². The van der Waals surface area contributed by atoms with E-state index in [1.54, 1.807) is 17.2 Å². The number of halogens is 1. The van der Waals surface area contributed by atoms with Crippen LogP contribution < -0.4 is 0 Å². The second kappa shape index (κ2) is 7.67. The first kappa shape index (κ1) is 19.0. The van der Waals surface area contributed by atoms with Crippen molar-refractivity contribution in [3.63, 3.8) is 0 Å². The molecule has 3 aromatic rings. The highest BCUT2D eigenvalue weighted by atomic mass is 19.1. The number of hydrogen-bond donors (Lipinski definition) is 1. The summed E-state index contributed by atoms with van der Waals surface area (Å²) in [6.07, 6.45) is 3.14. The molecule has 5 rings (SSSR count). The molecule has 1 N–H and O–H groups in total. The van der Waals surface area contributed by atoms with E-state index in [1.807, 2.05) is 0 Å². The molecule has 1 amide bonds. The van der Waals surface area contributed by atoms with Crippen molar-refractivity contribution in [1.82, 2.24) is 30.1 Å². The van der Waals surface area contributed by atoms with Gasteiger partial charge in [-0.3, -0.25) is 5.10 Å². The van der Waals surface area contributed by atoms with Gasteiger partial charge in [0.1, 0.15) is 5.82 Å². The Bertz CT molecular complexity index is 1050. The van der Waals surface area contributed by atoms with Gasteiger partial charge < -0.3 is 19.1 Å². The van der Waals surface area contributed by atoms with Crippen molar-refractivity contribution in [3.8, 4) is 11.4 Å². The molecule has 0 bridgehead atoms. The van der Waals surface area contributed by atoms with Crippen molar-refractivity contribution >= 4 is 17.0 Å². The van der Waals surface area contributed by atoms with Gasteiger partial charge in [0.25, 0.3) is 0 Å². The van der Waals surface area contributed by atoms with Gasteiger partial charge in [0, 0.05) is 36.9 Å². The first-order chi connectivity index (χ1) is 14.6. The fraction of sp³-hybridized carbons (Fsp3) is 0.500. The lowest BCUT2D eigenvalue weighted by atomic mass is 9.94. The van der Waals surface area contributed by atoms with E-state index in [9.17, 15) is 9.18 Å². The fourth-order valence-corrected chi connectivity index (χ4v) is 4.41. The molecule has 9 nitrogen and oxygen atoms in total. The van der Waals surface area contributed by atoms with Crippen LogP contribution in [0.4, 0.5) is 9.18 Å². The summed E-state index contributed by atoms with van der Waals surface area (Å²) >= 11 is 0. The minimum absolute atomic E-state index is 0.169. The number of nitrogens with zero attached hydrogens (tertiary/aromatic N) is 5. The second-order valence-corrected chi connectivity index (χ2v) is 8.03. The summed E-state index contributed by atoms with van der Waals surface area (Å²) in [5, 5.41) is 11.5. The number of carbonyl (C=O) groups excluding carboxylic acids is 1. The number of piperidine rings is 1. The van der Waals surface area contributed by atoms with Crippen molar-refractivity contribution in [2.45, 2.75) is 18.8 Å². The molecule has 0 radical (unpaired) electrons. The van der Waals surface area contributed by atoms with Crippen molar-refractivity contribution < 1.29 is 18.4 Å². The molecule has 158 valence electrons. The van der Waals surface area contributed by atoms with Gasteiger partial charge in [-0.2, -0.15) is 10.1 Å². The number of H-pyrrole nitrogens is 1. The molecular formula is C20H23FN6O3. The molecule has 0 saturated carbocycles. The van der Waals surface area contributed by atoms with Gasteiger partial charge in [0.05, 0.1) is 24.4 Å². The molecule has 1 aromatic carbocycles. The van der Waals surface area contributed by atoms with Crippen LogP contribution in [0, 0.1) is 11.7 Å². The van der Waals surface area contributed by atoms with Crippen LogP contribution in [-0.2, 0) is 4.74 Å². The van der Waals surface area contributed by atoms with Gasteiger partial charge in [-0.1, -0.05) is 5.16 Å². The van der Waals surface area contributed by atoms with Crippen LogP contribution in [0.1, 0.15) is 24.7 Å². The largest absolute Gasteiger partial charge is 0.453 e. The first-order valence-electron chi connectivity index (χ1n) is 10.1. The molecule has 4 heterocycles. The summed E-state index contributed by atoms with van der Waals surface area (Å²) < 4.78 is 24.7. The fourth-order valence-electron chi connectivity index (χ4n) is 4.41. The number of likely N-dealkylation sites (tertiary alicyclic amines) is 2. The predicted molar refractivity (Wildman–Crippen MR) is 105 cm³/mol. The van der Waals surface area contributed by atoms with Gasteiger partial charge in [-0.25, -0.2) is 9.18 Å². The molecule has 0 unspecified atom stereocenters. The highest BCUT2D eigenvalue weighted by Gasteiger charge is 2.34. The van der Waals surface area contributed by atoms with Crippen molar-refractivity contribution in [2.24, 2.45) is 5.92 Å². The van der Waals surface area contributed by atoms with Crippen molar-refractivity contribution in [2.75, 3.05) is 39.8 Å². The third-order valence-electron chi connectivity index (χ3n) is 6.08. The van der Waals surface area contributed by atoms with E-state index in [2.05, 4.69) is 25.2 Å². The number of carbonyl (C=O) groups is 1. The van der Waals surface area contributed by atoms with Crippen LogP contribution in [0.15, 0.2) is 22.9 Å². The predicted octanol–water partition coefficient (Wildman–Crippen LogP) is 2.63.